The van der Waals surface area contributed by atoms with Crippen molar-refractivity contribution in [3.63, 3.8) is 0 Å². The van der Waals surface area contributed by atoms with Gasteiger partial charge < -0.3 is 4.90 Å². The molecule has 0 aromatic heterocycles. The van der Waals surface area contributed by atoms with Gasteiger partial charge in [0.15, 0.2) is 0 Å². The van der Waals surface area contributed by atoms with Crippen molar-refractivity contribution in [1.82, 2.24) is 0 Å². The average molecular weight is 269 g/mol. The third kappa shape index (κ3) is 2.98. The van der Waals surface area contributed by atoms with Gasteiger partial charge in [-0.3, -0.25) is 0 Å². The van der Waals surface area contributed by atoms with E-state index in [0.29, 0.717) is 5.92 Å². The summed E-state index contributed by atoms with van der Waals surface area (Å²) in [4.78, 5) is 2.46. The molecule has 1 heteroatoms. The predicted octanol–water partition coefficient (Wildman–Crippen LogP) is 4.94. The van der Waals surface area contributed by atoms with E-state index in [9.17, 15) is 0 Å². The molecule has 2 rings (SSSR count). The Hall–Kier alpha value is -1.50. The van der Waals surface area contributed by atoms with E-state index in [0.717, 1.165) is 19.5 Å². The molecule has 20 heavy (non-hydrogen) atoms. The SMILES string of the molecule is CCN1C/C=C\C/C=C\C(C)C(C)(C)c2ccccc21. The van der Waals surface area contributed by atoms with E-state index >= 15 is 0 Å². The minimum atomic E-state index is 0.144. The summed E-state index contributed by atoms with van der Waals surface area (Å²) in [5.41, 5.74) is 2.98. The lowest BCUT2D eigenvalue weighted by molar-refractivity contribution is 0.409. The fourth-order valence-corrected chi connectivity index (χ4v) is 2.84. The monoisotopic (exact) mass is 269 g/mol. The second kappa shape index (κ2) is 6.30. The van der Waals surface area contributed by atoms with Gasteiger partial charge in [-0.05, 0) is 36.3 Å². The Morgan fingerprint density at radius 1 is 1.15 bits per heavy atom. The highest BCUT2D eigenvalue weighted by atomic mass is 15.1. The molecule has 1 aromatic carbocycles. The van der Waals surface area contributed by atoms with Crippen molar-refractivity contribution in [3.8, 4) is 0 Å². The zero-order chi connectivity index (χ0) is 14.6. The van der Waals surface area contributed by atoms with Gasteiger partial charge in [-0.15, -0.1) is 0 Å². The molecule has 0 amide bonds. The highest BCUT2D eigenvalue weighted by Crippen LogP contribution is 2.38. The first-order valence-corrected chi connectivity index (χ1v) is 7.73. The van der Waals surface area contributed by atoms with Crippen molar-refractivity contribution in [2.75, 3.05) is 18.0 Å². The lowest BCUT2D eigenvalue weighted by atomic mass is 9.73. The van der Waals surface area contributed by atoms with Crippen LogP contribution in [-0.2, 0) is 5.41 Å². The van der Waals surface area contributed by atoms with Crippen LogP contribution in [-0.4, -0.2) is 13.1 Å². The number of hydrogen-bond donors (Lipinski definition) is 0. The Morgan fingerprint density at radius 2 is 1.90 bits per heavy atom. The summed E-state index contributed by atoms with van der Waals surface area (Å²) < 4.78 is 0. The van der Waals surface area contributed by atoms with Gasteiger partial charge in [0, 0.05) is 18.8 Å². The summed E-state index contributed by atoms with van der Waals surface area (Å²) in [6.45, 7) is 11.3. The van der Waals surface area contributed by atoms with Gasteiger partial charge in [0.2, 0.25) is 0 Å². The van der Waals surface area contributed by atoms with Gasteiger partial charge >= 0.3 is 0 Å². The molecular weight excluding hydrogens is 242 g/mol. The van der Waals surface area contributed by atoms with Crippen LogP contribution < -0.4 is 4.90 Å². The minimum absolute atomic E-state index is 0.144. The van der Waals surface area contributed by atoms with Gasteiger partial charge in [0.05, 0.1) is 0 Å². The van der Waals surface area contributed by atoms with Crippen LogP contribution in [0.25, 0.3) is 0 Å². The van der Waals surface area contributed by atoms with Crippen LogP contribution in [0.15, 0.2) is 48.6 Å². The lowest BCUT2D eigenvalue weighted by Crippen LogP contribution is -2.31. The minimum Gasteiger partial charge on any atom is -0.368 e. The number of para-hydroxylation sites is 1. The third-order valence-corrected chi connectivity index (χ3v) is 4.65. The first-order chi connectivity index (χ1) is 9.57. The van der Waals surface area contributed by atoms with Crippen molar-refractivity contribution < 1.29 is 0 Å². The van der Waals surface area contributed by atoms with Crippen LogP contribution >= 0.6 is 0 Å². The van der Waals surface area contributed by atoms with E-state index in [1.54, 1.807) is 0 Å². The van der Waals surface area contributed by atoms with Gasteiger partial charge in [-0.25, -0.2) is 0 Å². The molecule has 1 aliphatic heterocycles. The average Bonchev–Trinajstić information content (AvgIpc) is 2.47. The molecule has 0 N–H and O–H groups in total. The molecule has 1 nitrogen and oxygen atoms in total. The van der Waals surface area contributed by atoms with Gasteiger partial charge in [-0.1, -0.05) is 63.3 Å². The summed E-state index contributed by atoms with van der Waals surface area (Å²) in [5, 5.41) is 0. The normalized spacial score (nSPS) is 25.4. The van der Waals surface area contributed by atoms with Gasteiger partial charge in [0.25, 0.3) is 0 Å². The zero-order valence-electron chi connectivity index (χ0n) is 13.3. The van der Waals surface area contributed by atoms with E-state index in [-0.39, 0.29) is 5.41 Å². The van der Waals surface area contributed by atoms with Crippen LogP contribution in [0.2, 0.25) is 0 Å². The van der Waals surface area contributed by atoms with E-state index < -0.39 is 0 Å². The Morgan fingerprint density at radius 3 is 2.65 bits per heavy atom. The molecule has 0 saturated carbocycles. The van der Waals surface area contributed by atoms with Crippen molar-refractivity contribution in [1.29, 1.82) is 0 Å². The molecule has 1 atom stereocenters. The van der Waals surface area contributed by atoms with Crippen molar-refractivity contribution in [2.45, 2.75) is 39.5 Å². The number of hydrogen-bond acceptors (Lipinski definition) is 1. The van der Waals surface area contributed by atoms with E-state index in [1.807, 2.05) is 0 Å². The Kier molecular flexibility index (Phi) is 4.69. The molecule has 0 spiro atoms. The van der Waals surface area contributed by atoms with Crippen LogP contribution in [0.3, 0.4) is 0 Å². The predicted molar refractivity (Wildman–Crippen MR) is 89.4 cm³/mol. The maximum Gasteiger partial charge on any atom is 0.0407 e. The first-order valence-electron chi connectivity index (χ1n) is 7.73. The summed E-state index contributed by atoms with van der Waals surface area (Å²) in [5.74, 6) is 0.522. The van der Waals surface area contributed by atoms with E-state index in [2.05, 4.69) is 81.2 Å². The molecule has 0 aliphatic carbocycles. The van der Waals surface area contributed by atoms with E-state index in [4.69, 9.17) is 0 Å². The zero-order valence-corrected chi connectivity index (χ0v) is 13.3. The highest BCUT2D eigenvalue weighted by molar-refractivity contribution is 5.57. The summed E-state index contributed by atoms with van der Waals surface area (Å²) in [6.07, 6.45) is 10.3. The number of allylic oxidation sites excluding steroid dienone is 3. The molecule has 0 bridgehead atoms. The number of anilines is 1. The molecule has 1 heterocycles. The van der Waals surface area contributed by atoms with Crippen LogP contribution in [0, 0.1) is 5.92 Å². The number of nitrogens with zero attached hydrogens (tertiary/aromatic N) is 1. The first kappa shape index (κ1) is 14.9. The standard InChI is InChI=1S/C19H27N/c1-5-20-15-11-7-6-8-12-16(2)19(3,4)17-13-9-10-14-18(17)20/h7-14,16H,5-6,15H2,1-4H3/b11-7-,12-8-. The second-order valence-corrected chi connectivity index (χ2v) is 6.20. The number of likely N-dealkylation sites (N-methyl/N-ethyl adjacent to an activating group) is 1. The number of benzene rings is 1. The smallest absolute Gasteiger partial charge is 0.0407 e. The fraction of sp³-hybridized carbons (Fsp3) is 0.474. The Labute approximate surface area is 124 Å². The molecular formula is C19H27N. The second-order valence-electron chi connectivity index (χ2n) is 6.20. The van der Waals surface area contributed by atoms with Crippen LogP contribution in [0.4, 0.5) is 5.69 Å². The summed E-state index contributed by atoms with van der Waals surface area (Å²) in [7, 11) is 0. The number of rotatable bonds is 1. The molecule has 1 aliphatic rings. The van der Waals surface area contributed by atoms with Crippen LogP contribution in [0.5, 0.6) is 0 Å². The van der Waals surface area contributed by atoms with E-state index in [1.165, 1.54) is 11.3 Å². The molecule has 0 radical (unpaired) electrons. The Balaban J connectivity index is 2.54. The largest absolute Gasteiger partial charge is 0.368 e. The third-order valence-electron chi connectivity index (χ3n) is 4.65. The lowest BCUT2D eigenvalue weighted by Gasteiger charge is -2.35. The molecule has 1 aromatic rings. The number of fused-ring (bicyclic) bond motifs is 1. The topological polar surface area (TPSA) is 3.24 Å². The van der Waals surface area contributed by atoms with Crippen molar-refractivity contribution in [2.24, 2.45) is 5.92 Å². The summed E-state index contributed by atoms with van der Waals surface area (Å²) >= 11 is 0. The quantitative estimate of drug-likeness (QED) is 0.652. The maximum absolute atomic E-state index is 2.46. The highest BCUT2D eigenvalue weighted by Gasteiger charge is 2.29. The summed E-state index contributed by atoms with van der Waals surface area (Å²) in [6, 6.07) is 8.88. The molecule has 1 unspecified atom stereocenters. The van der Waals surface area contributed by atoms with Gasteiger partial charge in [-0.2, -0.15) is 0 Å². The fourth-order valence-electron chi connectivity index (χ4n) is 2.84. The molecule has 0 fully saturated rings. The molecule has 108 valence electrons. The maximum atomic E-state index is 2.46. The molecule has 0 saturated heterocycles. The van der Waals surface area contributed by atoms with Crippen LogP contribution in [0.1, 0.15) is 39.7 Å². The van der Waals surface area contributed by atoms with Gasteiger partial charge in [0.1, 0.15) is 0 Å². The Bertz CT molecular complexity index is 496. The van der Waals surface area contributed by atoms with Crippen molar-refractivity contribution in [3.05, 3.63) is 54.1 Å². The van der Waals surface area contributed by atoms with Crippen molar-refractivity contribution >= 4 is 5.69 Å².